The molecule has 2 rings (SSSR count). The number of aryl methyl sites for hydroxylation is 1. The topological polar surface area (TPSA) is 21.3 Å². The molecule has 1 unspecified atom stereocenters. The summed E-state index contributed by atoms with van der Waals surface area (Å²) in [5, 5.41) is 5.69. The highest BCUT2D eigenvalue weighted by molar-refractivity contribution is 7.10. The van der Waals surface area contributed by atoms with E-state index in [0.717, 1.165) is 18.7 Å². The molecule has 0 saturated heterocycles. The summed E-state index contributed by atoms with van der Waals surface area (Å²) in [4.78, 5) is 1.38. The maximum Gasteiger partial charge on any atom is 0.122 e. The second-order valence-corrected chi connectivity index (χ2v) is 5.62. The minimum atomic E-state index is 0.362. The Morgan fingerprint density at radius 1 is 1.32 bits per heavy atom. The number of thiophene rings is 1. The monoisotopic (exact) mass is 275 g/mol. The van der Waals surface area contributed by atoms with Crippen molar-refractivity contribution in [3.8, 4) is 5.75 Å². The Kier molecular flexibility index (Phi) is 5.00. The third-order valence-corrected chi connectivity index (χ3v) is 4.18. The fourth-order valence-corrected chi connectivity index (χ4v) is 3.10. The van der Waals surface area contributed by atoms with Crippen LogP contribution in [0.3, 0.4) is 0 Å². The number of benzene rings is 1. The van der Waals surface area contributed by atoms with E-state index in [9.17, 15) is 0 Å². The summed E-state index contributed by atoms with van der Waals surface area (Å²) >= 11 is 1.80. The quantitative estimate of drug-likeness (QED) is 0.861. The van der Waals surface area contributed by atoms with Crippen LogP contribution in [0, 0.1) is 6.92 Å². The minimum Gasteiger partial charge on any atom is -0.496 e. The second-order valence-electron chi connectivity index (χ2n) is 4.65. The number of methoxy groups -OCH3 is 1. The molecule has 102 valence electrons. The lowest BCUT2D eigenvalue weighted by Crippen LogP contribution is -2.22. The van der Waals surface area contributed by atoms with E-state index in [-0.39, 0.29) is 0 Å². The van der Waals surface area contributed by atoms with Crippen molar-refractivity contribution in [1.29, 1.82) is 0 Å². The number of nitrogens with one attached hydrogen (secondary N) is 1. The molecule has 3 heteroatoms. The van der Waals surface area contributed by atoms with Crippen LogP contribution in [0.15, 0.2) is 35.7 Å². The van der Waals surface area contributed by atoms with E-state index < -0.39 is 0 Å². The molecule has 2 nitrogen and oxygen atoms in total. The van der Waals surface area contributed by atoms with Crippen LogP contribution in [-0.4, -0.2) is 13.7 Å². The summed E-state index contributed by atoms with van der Waals surface area (Å²) in [6, 6.07) is 11.0. The van der Waals surface area contributed by atoms with Gasteiger partial charge >= 0.3 is 0 Å². The van der Waals surface area contributed by atoms with Crippen molar-refractivity contribution in [1.82, 2.24) is 5.32 Å². The molecule has 0 fully saturated rings. The molecule has 1 atom stereocenters. The molecule has 1 N–H and O–H groups in total. The highest BCUT2D eigenvalue weighted by Gasteiger charge is 2.14. The predicted molar refractivity (Wildman–Crippen MR) is 82.2 cm³/mol. The summed E-state index contributed by atoms with van der Waals surface area (Å²) in [7, 11) is 1.74. The Morgan fingerprint density at radius 3 is 2.79 bits per heavy atom. The van der Waals surface area contributed by atoms with Gasteiger partial charge in [0.15, 0.2) is 0 Å². The Hall–Kier alpha value is -1.32. The van der Waals surface area contributed by atoms with Crippen LogP contribution in [0.2, 0.25) is 0 Å². The van der Waals surface area contributed by atoms with Gasteiger partial charge < -0.3 is 10.1 Å². The van der Waals surface area contributed by atoms with Gasteiger partial charge in [0, 0.05) is 10.9 Å². The van der Waals surface area contributed by atoms with Crippen molar-refractivity contribution >= 4 is 11.3 Å². The normalized spacial score (nSPS) is 12.4. The van der Waals surface area contributed by atoms with E-state index in [1.165, 1.54) is 16.0 Å². The highest BCUT2D eigenvalue weighted by Crippen LogP contribution is 2.28. The van der Waals surface area contributed by atoms with E-state index >= 15 is 0 Å². The molecule has 1 heterocycles. The van der Waals surface area contributed by atoms with Crippen molar-refractivity contribution in [2.75, 3.05) is 13.7 Å². The smallest absolute Gasteiger partial charge is 0.122 e. The van der Waals surface area contributed by atoms with E-state index in [0.29, 0.717) is 6.04 Å². The first-order valence-electron chi connectivity index (χ1n) is 6.65. The average Bonchev–Trinajstić information content (AvgIpc) is 2.92. The molecule has 0 spiro atoms. The maximum absolute atomic E-state index is 5.47. The first-order chi connectivity index (χ1) is 9.24. The first kappa shape index (κ1) is 14.1. The van der Waals surface area contributed by atoms with Crippen molar-refractivity contribution in [3.05, 3.63) is 51.7 Å². The van der Waals surface area contributed by atoms with Gasteiger partial charge in [-0.05, 0) is 43.0 Å². The zero-order valence-corrected chi connectivity index (χ0v) is 12.6. The summed E-state index contributed by atoms with van der Waals surface area (Å²) in [5.41, 5.74) is 2.54. The van der Waals surface area contributed by atoms with Gasteiger partial charge in [-0.3, -0.25) is 0 Å². The Labute approximate surface area is 119 Å². The molecule has 0 saturated carbocycles. The lowest BCUT2D eigenvalue weighted by molar-refractivity contribution is 0.406. The highest BCUT2D eigenvalue weighted by atomic mass is 32.1. The number of likely N-dealkylation sites (N-methyl/N-ethyl adjacent to an activating group) is 1. The molecular weight excluding hydrogens is 254 g/mol. The molecule has 1 aromatic carbocycles. The van der Waals surface area contributed by atoms with Crippen LogP contribution >= 0.6 is 11.3 Å². The van der Waals surface area contributed by atoms with Gasteiger partial charge in [-0.2, -0.15) is 0 Å². The van der Waals surface area contributed by atoms with Crippen molar-refractivity contribution < 1.29 is 4.74 Å². The van der Waals surface area contributed by atoms with Gasteiger partial charge in [0.25, 0.3) is 0 Å². The van der Waals surface area contributed by atoms with Gasteiger partial charge in [0.05, 0.1) is 7.11 Å². The molecule has 0 amide bonds. The summed E-state index contributed by atoms with van der Waals surface area (Å²) in [5.74, 6) is 0.977. The fraction of sp³-hybridized carbons (Fsp3) is 0.375. The summed E-state index contributed by atoms with van der Waals surface area (Å²) in [6.45, 7) is 5.24. The number of rotatable bonds is 6. The second kappa shape index (κ2) is 6.73. The third kappa shape index (κ3) is 3.58. The summed E-state index contributed by atoms with van der Waals surface area (Å²) < 4.78 is 5.47. The number of ether oxygens (including phenoxy) is 1. The molecule has 0 aliphatic rings. The van der Waals surface area contributed by atoms with Crippen molar-refractivity contribution in [2.24, 2.45) is 0 Å². The van der Waals surface area contributed by atoms with Gasteiger partial charge in [0.1, 0.15) is 5.75 Å². The molecular formula is C16H21NOS. The van der Waals surface area contributed by atoms with Gasteiger partial charge in [-0.1, -0.05) is 30.7 Å². The zero-order valence-electron chi connectivity index (χ0n) is 11.8. The first-order valence-corrected chi connectivity index (χ1v) is 7.53. The molecule has 0 aliphatic carbocycles. The molecule has 1 aromatic heterocycles. The standard InChI is InChI=1S/C16H21NOS/c1-4-17-14(16-6-5-9-19-16)11-13-10-12(2)7-8-15(13)18-3/h5-10,14,17H,4,11H2,1-3H3. The number of hydrogen-bond acceptors (Lipinski definition) is 3. The molecule has 2 aromatic rings. The molecule has 19 heavy (non-hydrogen) atoms. The van der Waals surface area contributed by atoms with Crippen molar-refractivity contribution in [3.63, 3.8) is 0 Å². The van der Waals surface area contributed by atoms with Gasteiger partial charge in [-0.15, -0.1) is 11.3 Å². The van der Waals surface area contributed by atoms with Crippen LogP contribution in [0.4, 0.5) is 0 Å². The fourth-order valence-electron chi connectivity index (χ4n) is 2.30. The van der Waals surface area contributed by atoms with E-state index in [1.807, 2.05) is 0 Å². The largest absolute Gasteiger partial charge is 0.496 e. The van der Waals surface area contributed by atoms with E-state index in [4.69, 9.17) is 4.74 Å². The van der Waals surface area contributed by atoms with Gasteiger partial charge in [0.2, 0.25) is 0 Å². The van der Waals surface area contributed by atoms with E-state index in [1.54, 1.807) is 18.4 Å². The van der Waals surface area contributed by atoms with E-state index in [2.05, 4.69) is 54.9 Å². The number of hydrogen-bond donors (Lipinski definition) is 1. The Balaban J connectivity index is 2.24. The summed E-state index contributed by atoms with van der Waals surface area (Å²) in [6.07, 6.45) is 0.958. The zero-order chi connectivity index (χ0) is 13.7. The van der Waals surface area contributed by atoms with Crippen LogP contribution in [0.5, 0.6) is 5.75 Å². The third-order valence-electron chi connectivity index (χ3n) is 3.20. The minimum absolute atomic E-state index is 0.362. The van der Waals surface area contributed by atoms with Crippen LogP contribution in [0.25, 0.3) is 0 Å². The van der Waals surface area contributed by atoms with Crippen LogP contribution in [-0.2, 0) is 6.42 Å². The van der Waals surface area contributed by atoms with Crippen LogP contribution in [0.1, 0.15) is 29.0 Å². The van der Waals surface area contributed by atoms with Crippen molar-refractivity contribution in [2.45, 2.75) is 26.3 Å². The predicted octanol–water partition coefficient (Wildman–Crippen LogP) is 3.96. The maximum atomic E-state index is 5.47. The lowest BCUT2D eigenvalue weighted by atomic mass is 10.0. The molecule has 0 bridgehead atoms. The average molecular weight is 275 g/mol. The molecule has 0 radical (unpaired) electrons. The Bertz CT molecular complexity index is 507. The van der Waals surface area contributed by atoms with Gasteiger partial charge in [-0.25, -0.2) is 0 Å². The lowest BCUT2D eigenvalue weighted by Gasteiger charge is -2.18. The SMILES string of the molecule is CCNC(Cc1cc(C)ccc1OC)c1cccs1. The van der Waals surface area contributed by atoms with Crippen LogP contribution < -0.4 is 10.1 Å². The Morgan fingerprint density at radius 2 is 2.16 bits per heavy atom. The molecule has 0 aliphatic heterocycles.